The Balaban J connectivity index is 2.54. The molecule has 0 N–H and O–H groups in total. The van der Waals surface area contributed by atoms with Crippen molar-refractivity contribution in [3.05, 3.63) is 23.8 Å². The van der Waals surface area contributed by atoms with E-state index >= 15 is 0 Å². The van der Waals surface area contributed by atoms with Crippen LogP contribution in [0.2, 0.25) is 0 Å². The Kier molecular flexibility index (Phi) is 3.38. The molecule has 0 aliphatic carbocycles. The second kappa shape index (κ2) is 4.55. The first-order chi connectivity index (χ1) is 8.36. The van der Waals surface area contributed by atoms with Crippen molar-refractivity contribution in [3.8, 4) is 0 Å². The molecule has 1 aromatic carbocycles. The summed E-state index contributed by atoms with van der Waals surface area (Å²) in [4.78, 5) is 24.7. The monoisotopic (exact) mass is 286 g/mol. The molecule has 0 radical (unpaired) electrons. The van der Waals surface area contributed by atoms with Gasteiger partial charge in [-0.15, -0.1) is 0 Å². The molecule has 0 saturated carbocycles. The number of carbonyl (C=O) groups excluding carboxylic acids is 2. The molecule has 1 heterocycles. The first kappa shape index (κ1) is 13.4. The van der Waals surface area contributed by atoms with E-state index in [4.69, 9.17) is 0 Å². The number of hydrogen-bond donors (Lipinski definition) is 0. The van der Waals surface area contributed by atoms with Crippen LogP contribution < -0.4 is 8.77 Å². The van der Waals surface area contributed by atoms with E-state index in [2.05, 4.69) is 0 Å². The number of benzene rings is 1. The van der Waals surface area contributed by atoms with Gasteiger partial charge in [-0.2, -0.15) is 0 Å². The number of anilines is 1. The maximum atomic E-state index is 13.9. The van der Waals surface area contributed by atoms with E-state index < -0.39 is 35.3 Å². The third-order valence-electron chi connectivity index (χ3n) is 3.28. The zero-order valence-electron chi connectivity index (χ0n) is 9.83. The second-order valence-electron chi connectivity index (χ2n) is 4.34. The van der Waals surface area contributed by atoms with Gasteiger partial charge in [0.05, 0.1) is 0 Å². The van der Waals surface area contributed by atoms with Crippen LogP contribution >= 0.6 is 0 Å². The Hall–Kier alpha value is -1.07. The predicted molar refractivity (Wildman–Crippen MR) is 56.8 cm³/mol. The summed E-state index contributed by atoms with van der Waals surface area (Å²) in [6, 6.07) is 2.18. The molecule has 1 aliphatic rings. The standard InChI is InChI=1S/C12H10F2NO2.Ti/c1-6-7(2)12(17)15(11(6)16)10-4-3-8(13)5-9(10)14;/h3-4,6-7H,1-2H3;. The van der Waals surface area contributed by atoms with Gasteiger partial charge in [0, 0.05) is 0 Å². The average Bonchev–Trinajstić information content (AvgIpc) is 2.53. The van der Waals surface area contributed by atoms with Gasteiger partial charge in [-0.05, 0) is 0 Å². The van der Waals surface area contributed by atoms with E-state index in [1.165, 1.54) is 20.4 Å². The zero-order valence-corrected chi connectivity index (χ0v) is 11.4. The van der Waals surface area contributed by atoms with E-state index in [0.29, 0.717) is 0 Å². The van der Waals surface area contributed by atoms with Crippen LogP contribution in [0.3, 0.4) is 0 Å². The third kappa shape index (κ3) is 1.82. The number of nitrogens with zero attached hydrogens (tertiary/aromatic N) is 1. The number of halogens is 2. The van der Waals surface area contributed by atoms with Crippen molar-refractivity contribution in [2.75, 3.05) is 4.90 Å². The van der Waals surface area contributed by atoms with E-state index in [1.54, 1.807) is 13.8 Å². The van der Waals surface area contributed by atoms with Gasteiger partial charge in [0.1, 0.15) is 0 Å². The van der Waals surface area contributed by atoms with E-state index in [-0.39, 0.29) is 9.56 Å². The molecule has 93 valence electrons. The molecule has 0 spiro atoms. The summed E-state index contributed by atoms with van der Waals surface area (Å²) in [6.45, 7) is 3.25. The van der Waals surface area contributed by atoms with Crippen LogP contribution in [-0.2, 0) is 30.0 Å². The molecule has 18 heavy (non-hydrogen) atoms. The molecule has 1 saturated heterocycles. The summed E-state index contributed by atoms with van der Waals surface area (Å²) in [7, 11) is 0. The molecule has 0 aromatic heterocycles. The van der Waals surface area contributed by atoms with Crippen molar-refractivity contribution < 1.29 is 38.8 Å². The van der Waals surface area contributed by atoms with Crippen molar-refractivity contribution in [2.45, 2.75) is 13.8 Å². The van der Waals surface area contributed by atoms with Crippen LogP contribution in [0, 0.1) is 23.5 Å². The first-order valence-corrected chi connectivity index (χ1v) is 6.21. The average molecular weight is 286 g/mol. The molecule has 0 bridgehead atoms. The minimum atomic E-state index is -0.863. The van der Waals surface area contributed by atoms with E-state index in [9.17, 15) is 18.4 Å². The van der Waals surface area contributed by atoms with Crippen LogP contribution in [0.25, 0.3) is 0 Å². The third-order valence-corrected chi connectivity index (χ3v) is 4.00. The Morgan fingerprint density at radius 1 is 1.11 bits per heavy atom. The molecule has 6 heteroatoms. The zero-order chi connectivity index (χ0) is 13.6. The van der Waals surface area contributed by atoms with Crippen LogP contribution in [0.15, 0.2) is 12.1 Å². The maximum absolute atomic E-state index is 13.9. The predicted octanol–water partition coefficient (Wildman–Crippen LogP) is 1.28. The fraction of sp³-hybridized carbons (Fsp3) is 0.333. The van der Waals surface area contributed by atoms with Crippen LogP contribution in [-0.4, -0.2) is 11.8 Å². The van der Waals surface area contributed by atoms with Gasteiger partial charge in [-0.25, -0.2) is 0 Å². The SMILES string of the molecule is CC1C(=O)N(c2ccc(F)[c]([Ti])c2F)C(=O)C1C. The summed E-state index contributed by atoms with van der Waals surface area (Å²) in [5, 5.41) is 0. The van der Waals surface area contributed by atoms with Gasteiger partial charge in [-0.1, -0.05) is 0 Å². The van der Waals surface area contributed by atoms with Gasteiger partial charge in [0.15, 0.2) is 0 Å². The summed E-state index contributed by atoms with van der Waals surface area (Å²) in [6.07, 6.45) is 0. The van der Waals surface area contributed by atoms with E-state index in [1.807, 2.05) is 0 Å². The van der Waals surface area contributed by atoms with Gasteiger partial charge < -0.3 is 0 Å². The summed E-state index contributed by atoms with van der Waals surface area (Å²) in [5.74, 6) is -3.42. The summed E-state index contributed by atoms with van der Waals surface area (Å²) >= 11 is 1.27. The van der Waals surface area contributed by atoms with Crippen molar-refractivity contribution in [1.82, 2.24) is 0 Å². The second-order valence-corrected chi connectivity index (χ2v) is 5.13. The Morgan fingerprint density at radius 2 is 1.61 bits per heavy atom. The topological polar surface area (TPSA) is 37.4 Å². The Morgan fingerprint density at radius 3 is 2.11 bits per heavy atom. The van der Waals surface area contributed by atoms with E-state index in [0.717, 1.165) is 17.0 Å². The Bertz CT molecular complexity index is 527. The fourth-order valence-electron chi connectivity index (χ4n) is 1.90. The van der Waals surface area contributed by atoms with Crippen molar-refractivity contribution >= 4 is 21.4 Å². The molecule has 2 atom stereocenters. The molecule has 1 aliphatic heterocycles. The quantitative estimate of drug-likeness (QED) is 0.576. The molecular formula is C12H10F2NO2Ti. The Labute approximate surface area is 115 Å². The number of rotatable bonds is 1. The minimum absolute atomic E-state index is 0.167. The molecule has 3 nitrogen and oxygen atoms in total. The normalized spacial score (nSPS) is 23.8. The van der Waals surface area contributed by atoms with Crippen LogP contribution in [0.5, 0.6) is 0 Å². The number of carbonyl (C=O) groups is 2. The fourth-order valence-corrected chi connectivity index (χ4v) is 2.23. The van der Waals surface area contributed by atoms with Crippen molar-refractivity contribution in [2.24, 2.45) is 11.8 Å². The molecular weight excluding hydrogens is 276 g/mol. The molecule has 2 amide bonds. The van der Waals surface area contributed by atoms with Gasteiger partial charge in [0.25, 0.3) is 0 Å². The number of imide groups is 1. The van der Waals surface area contributed by atoms with Crippen molar-refractivity contribution in [3.63, 3.8) is 0 Å². The summed E-state index contributed by atoms with van der Waals surface area (Å²) < 4.78 is 26.9. The van der Waals surface area contributed by atoms with Gasteiger partial charge in [0.2, 0.25) is 0 Å². The van der Waals surface area contributed by atoms with Gasteiger partial charge >= 0.3 is 115 Å². The first-order valence-electron chi connectivity index (χ1n) is 5.43. The molecule has 1 fully saturated rings. The molecule has 2 rings (SSSR count). The van der Waals surface area contributed by atoms with Crippen LogP contribution in [0.4, 0.5) is 14.5 Å². The summed E-state index contributed by atoms with van der Waals surface area (Å²) in [5.41, 5.74) is -0.167. The van der Waals surface area contributed by atoms with Crippen LogP contribution in [0.1, 0.15) is 13.8 Å². The number of hydrogen-bond acceptors (Lipinski definition) is 2. The molecule has 1 aromatic rings. The van der Waals surface area contributed by atoms with Crippen molar-refractivity contribution in [1.29, 1.82) is 0 Å². The molecule has 2 unspecified atom stereocenters. The van der Waals surface area contributed by atoms with Gasteiger partial charge in [-0.3, -0.25) is 0 Å². The number of amides is 2.